The first-order valence-electron chi connectivity index (χ1n) is 10.8. The molecule has 0 N–H and O–H groups in total. The number of carbonyl (C=O) groups excluding carboxylic acids is 1. The van der Waals surface area contributed by atoms with Gasteiger partial charge in [-0.25, -0.2) is 0 Å². The zero-order chi connectivity index (χ0) is 20.7. The molecular formula is C26H27NO3. The van der Waals surface area contributed by atoms with E-state index in [-0.39, 0.29) is 5.91 Å². The van der Waals surface area contributed by atoms with Crippen molar-refractivity contribution in [1.82, 2.24) is 4.90 Å². The first-order valence-corrected chi connectivity index (χ1v) is 10.8. The maximum Gasteiger partial charge on any atom is 0.247 e. The number of allylic oxidation sites excluding steroid dienone is 1. The lowest BCUT2D eigenvalue weighted by molar-refractivity contribution is -0.126. The van der Waals surface area contributed by atoms with E-state index in [0.717, 1.165) is 59.4 Å². The van der Waals surface area contributed by atoms with E-state index in [4.69, 9.17) is 9.15 Å². The van der Waals surface area contributed by atoms with E-state index >= 15 is 0 Å². The van der Waals surface area contributed by atoms with Crippen LogP contribution in [0.5, 0.6) is 5.75 Å². The molecule has 5 rings (SSSR count). The Labute approximate surface area is 177 Å². The van der Waals surface area contributed by atoms with Crippen LogP contribution in [-0.4, -0.2) is 24.5 Å². The van der Waals surface area contributed by atoms with Crippen molar-refractivity contribution >= 4 is 22.4 Å². The van der Waals surface area contributed by atoms with Gasteiger partial charge >= 0.3 is 0 Å². The van der Waals surface area contributed by atoms with Crippen molar-refractivity contribution in [3.8, 4) is 5.75 Å². The van der Waals surface area contributed by atoms with Gasteiger partial charge in [0, 0.05) is 48.2 Å². The molecule has 154 valence electrons. The number of fused-ring (bicyclic) bond motifs is 4. The lowest BCUT2D eigenvalue weighted by atomic mass is 9.94. The van der Waals surface area contributed by atoms with Gasteiger partial charge in [-0.2, -0.15) is 0 Å². The van der Waals surface area contributed by atoms with Crippen molar-refractivity contribution in [3.05, 3.63) is 70.5 Å². The highest BCUT2D eigenvalue weighted by Crippen LogP contribution is 2.38. The molecular weight excluding hydrogens is 374 g/mol. The molecule has 1 aromatic heterocycles. The smallest absolute Gasteiger partial charge is 0.247 e. The summed E-state index contributed by atoms with van der Waals surface area (Å²) in [7, 11) is 1.67. The molecule has 30 heavy (non-hydrogen) atoms. The Balaban J connectivity index is 1.47. The third-order valence-electron chi connectivity index (χ3n) is 6.48. The lowest BCUT2D eigenvalue weighted by Crippen LogP contribution is -2.34. The molecule has 1 aliphatic heterocycles. The van der Waals surface area contributed by atoms with Gasteiger partial charge in [-0.05, 0) is 55.4 Å². The van der Waals surface area contributed by atoms with Gasteiger partial charge in [0.2, 0.25) is 5.91 Å². The summed E-state index contributed by atoms with van der Waals surface area (Å²) in [6.45, 7) is 3.42. The molecule has 2 aliphatic rings. The molecule has 0 saturated carbocycles. The van der Waals surface area contributed by atoms with E-state index in [1.807, 2.05) is 24.0 Å². The van der Waals surface area contributed by atoms with Gasteiger partial charge in [0.25, 0.3) is 0 Å². The van der Waals surface area contributed by atoms with Crippen LogP contribution in [-0.2, 0) is 30.6 Å². The SMILES string of the molecule is COc1cc2oc3c(c2cc1/C(C)=C/C(=O)N1CCc2ccccc2C1)CCCC3. The molecule has 1 amide bonds. The number of nitrogens with zero attached hydrogens (tertiary/aromatic N) is 1. The topological polar surface area (TPSA) is 42.7 Å². The van der Waals surface area contributed by atoms with E-state index in [1.54, 1.807) is 13.2 Å². The van der Waals surface area contributed by atoms with E-state index in [1.165, 1.54) is 29.5 Å². The van der Waals surface area contributed by atoms with Gasteiger partial charge in [-0.1, -0.05) is 24.3 Å². The lowest BCUT2D eigenvalue weighted by Gasteiger charge is -2.28. The monoisotopic (exact) mass is 401 g/mol. The second-order valence-corrected chi connectivity index (χ2v) is 8.37. The first kappa shape index (κ1) is 19.0. The molecule has 0 radical (unpaired) electrons. The van der Waals surface area contributed by atoms with Crippen molar-refractivity contribution in [3.63, 3.8) is 0 Å². The van der Waals surface area contributed by atoms with Crippen LogP contribution in [0.2, 0.25) is 0 Å². The Hall–Kier alpha value is -3.01. The molecule has 1 aliphatic carbocycles. The van der Waals surface area contributed by atoms with Crippen LogP contribution < -0.4 is 4.74 Å². The number of amides is 1. The minimum Gasteiger partial charge on any atom is -0.496 e. The van der Waals surface area contributed by atoms with Crippen LogP contribution in [0, 0.1) is 0 Å². The summed E-state index contributed by atoms with van der Waals surface area (Å²) in [6, 6.07) is 12.5. The van der Waals surface area contributed by atoms with Gasteiger partial charge in [0.1, 0.15) is 17.1 Å². The van der Waals surface area contributed by atoms with Gasteiger partial charge in [0.05, 0.1) is 7.11 Å². The van der Waals surface area contributed by atoms with E-state index < -0.39 is 0 Å². The van der Waals surface area contributed by atoms with Crippen LogP contribution in [0.4, 0.5) is 0 Å². The second-order valence-electron chi connectivity index (χ2n) is 8.37. The summed E-state index contributed by atoms with van der Waals surface area (Å²) in [5.74, 6) is 1.91. The fraction of sp³-hybridized carbons (Fsp3) is 0.346. The zero-order valence-electron chi connectivity index (χ0n) is 17.7. The van der Waals surface area contributed by atoms with Crippen molar-refractivity contribution in [2.45, 2.75) is 45.6 Å². The van der Waals surface area contributed by atoms with Crippen LogP contribution in [0.1, 0.15) is 47.8 Å². The molecule has 0 fully saturated rings. The van der Waals surface area contributed by atoms with E-state index in [9.17, 15) is 4.79 Å². The van der Waals surface area contributed by atoms with Gasteiger partial charge in [0.15, 0.2) is 0 Å². The molecule has 2 aromatic carbocycles. The summed E-state index contributed by atoms with van der Waals surface area (Å²) in [6.07, 6.45) is 7.11. The number of rotatable bonds is 3. The maximum atomic E-state index is 13.0. The first-order chi connectivity index (χ1) is 14.6. The normalized spacial score (nSPS) is 16.3. The third kappa shape index (κ3) is 3.30. The number of carbonyl (C=O) groups is 1. The Morgan fingerprint density at radius 3 is 2.73 bits per heavy atom. The largest absolute Gasteiger partial charge is 0.496 e. The fourth-order valence-corrected chi connectivity index (χ4v) is 4.80. The molecule has 0 atom stereocenters. The van der Waals surface area contributed by atoms with Crippen molar-refractivity contribution in [2.75, 3.05) is 13.7 Å². The van der Waals surface area contributed by atoms with Gasteiger partial charge < -0.3 is 14.1 Å². The average Bonchev–Trinajstić information content (AvgIpc) is 3.15. The average molecular weight is 402 g/mol. The summed E-state index contributed by atoms with van der Waals surface area (Å²) in [5.41, 5.74) is 6.68. The van der Waals surface area contributed by atoms with Crippen LogP contribution in [0.15, 0.2) is 46.9 Å². The summed E-state index contributed by atoms with van der Waals surface area (Å²) >= 11 is 0. The van der Waals surface area contributed by atoms with Crippen molar-refractivity contribution in [2.24, 2.45) is 0 Å². The summed E-state index contributed by atoms with van der Waals surface area (Å²) in [5, 5.41) is 1.16. The number of benzene rings is 2. The molecule has 0 spiro atoms. The van der Waals surface area contributed by atoms with Crippen LogP contribution in [0.25, 0.3) is 16.5 Å². The second kappa shape index (κ2) is 7.67. The van der Waals surface area contributed by atoms with Crippen LogP contribution >= 0.6 is 0 Å². The minimum absolute atomic E-state index is 0.0541. The van der Waals surface area contributed by atoms with Crippen molar-refractivity contribution in [1.29, 1.82) is 0 Å². The zero-order valence-corrected chi connectivity index (χ0v) is 17.7. The predicted octanol–water partition coefficient (Wildman–Crippen LogP) is 5.31. The Morgan fingerprint density at radius 1 is 1.10 bits per heavy atom. The molecule has 0 unspecified atom stereocenters. The van der Waals surface area contributed by atoms with Gasteiger partial charge in [-0.15, -0.1) is 0 Å². The highest BCUT2D eigenvalue weighted by Gasteiger charge is 2.22. The van der Waals surface area contributed by atoms with E-state index in [2.05, 4.69) is 24.3 Å². The summed E-state index contributed by atoms with van der Waals surface area (Å²) in [4.78, 5) is 15.0. The molecule has 4 nitrogen and oxygen atoms in total. The number of hydrogen-bond donors (Lipinski definition) is 0. The highest BCUT2D eigenvalue weighted by atomic mass is 16.5. The Morgan fingerprint density at radius 2 is 1.90 bits per heavy atom. The Kier molecular flexibility index (Phi) is 4.86. The number of ether oxygens (including phenoxy) is 1. The quantitative estimate of drug-likeness (QED) is 0.559. The highest BCUT2D eigenvalue weighted by molar-refractivity contribution is 5.97. The standard InChI is InChI=1S/C26H27NO3/c1-17(13-26(28)27-12-11-18-7-3-4-8-19(18)16-27)21-14-22-20-9-5-6-10-23(20)30-25(22)15-24(21)29-2/h3-4,7-8,13-15H,5-6,9-12,16H2,1-2H3/b17-13+. The fourth-order valence-electron chi connectivity index (χ4n) is 4.80. The number of furan rings is 1. The van der Waals surface area contributed by atoms with E-state index in [0.29, 0.717) is 6.54 Å². The van der Waals surface area contributed by atoms with Crippen LogP contribution in [0.3, 0.4) is 0 Å². The molecule has 3 aromatic rings. The number of aryl methyl sites for hydroxylation is 2. The third-order valence-corrected chi connectivity index (χ3v) is 6.48. The maximum absolute atomic E-state index is 13.0. The molecule has 4 heteroatoms. The minimum atomic E-state index is 0.0541. The molecule has 0 bridgehead atoms. The summed E-state index contributed by atoms with van der Waals surface area (Å²) < 4.78 is 11.8. The molecule has 0 saturated heterocycles. The van der Waals surface area contributed by atoms with Gasteiger partial charge in [-0.3, -0.25) is 4.79 Å². The Bertz CT molecular complexity index is 1150. The van der Waals surface area contributed by atoms with Crippen molar-refractivity contribution < 1.29 is 13.9 Å². The number of hydrogen-bond acceptors (Lipinski definition) is 3. The predicted molar refractivity (Wildman–Crippen MR) is 119 cm³/mol. The molecule has 2 heterocycles. The number of methoxy groups -OCH3 is 1.